The minimum atomic E-state index is -0.687. The standard InChI is InChI=1S/C28H31NO6/c1-27(2)13-19-14-28(3,16-27)17-29(19)24(30)15-35-26(32)21-7-5-4-6-20(21)25(31)18-8-9-22-23(12-18)34-11-10-33-22/h4-9,12,19H,10-11,13-17H2,1-3H3/t19-,28-/m0/s1. The van der Waals surface area contributed by atoms with Crippen LogP contribution in [0.2, 0.25) is 0 Å². The number of hydrogen-bond donors (Lipinski definition) is 0. The molecule has 2 aliphatic heterocycles. The summed E-state index contributed by atoms with van der Waals surface area (Å²) in [6, 6.07) is 11.6. The first-order valence-electron chi connectivity index (χ1n) is 12.1. The molecule has 1 amide bonds. The molecule has 2 atom stereocenters. The van der Waals surface area contributed by atoms with Gasteiger partial charge in [0.25, 0.3) is 5.91 Å². The Hall–Kier alpha value is -3.35. The van der Waals surface area contributed by atoms with Crippen molar-refractivity contribution in [3.8, 4) is 11.5 Å². The van der Waals surface area contributed by atoms with Crippen molar-refractivity contribution in [1.29, 1.82) is 0 Å². The maximum atomic E-state index is 13.2. The van der Waals surface area contributed by atoms with Crippen LogP contribution in [0.1, 0.15) is 66.3 Å². The Balaban J connectivity index is 1.28. The summed E-state index contributed by atoms with van der Waals surface area (Å²) >= 11 is 0. The fourth-order valence-corrected chi connectivity index (χ4v) is 6.24. The minimum Gasteiger partial charge on any atom is -0.486 e. The third kappa shape index (κ3) is 4.64. The maximum absolute atomic E-state index is 13.2. The monoisotopic (exact) mass is 477 g/mol. The number of nitrogens with zero attached hydrogens (tertiary/aromatic N) is 1. The van der Waals surface area contributed by atoms with Crippen LogP contribution in [0, 0.1) is 10.8 Å². The first-order chi connectivity index (χ1) is 16.6. The van der Waals surface area contributed by atoms with E-state index in [0.29, 0.717) is 36.8 Å². The lowest BCUT2D eigenvalue weighted by Crippen LogP contribution is -2.39. The van der Waals surface area contributed by atoms with E-state index in [4.69, 9.17) is 14.2 Å². The summed E-state index contributed by atoms with van der Waals surface area (Å²) < 4.78 is 16.5. The van der Waals surface area contributed by atoms with Crippen molar-refractivity contribution in [2.45, 2.75) is 46.1 Å². The summed E-state index contributed by atoms with van der Waals surface area (Å²) in [7, 11) is 0. The lowest BCUT2D eigenvalue weighted by atomic mass is 9.65. The van der Waals surface area contributed by atoms with Gasteiger partial charge >= 0.3 is 5.97 Å². The lowest BCUT2D eigenvalue weighted by molar-refractivity contribution is -0.135. The Labute approximate surface area is 205 Å². The predicted molar refractivity (Wildman–Crippen MR) is 129 cm³/mol. The molecule has 7 heteroatoms. The van der Waals surface area contributed by atoms with E-state index in [1.54, 1.807) is 42.5 Å². The summed E-state index contributed by atoms with van der Waals surface area (Å²) in [6.07, 6.45) is 3.02. The summed E-state index contributed by atoms with van der Waals surface area (Å²) in [5.41, 5.74) is 1.03. The Morgan fingerprint density at radius 2 is 1.69 bits per heavy atom. The van der Waals surface area contributed by atoms with Gasteiger partial charge in [0.2, 0.25) is 0 Å². The van der Waals surface area contributed by atoms with E-state index in [1.165, 1.54) is 0 Å². The highest BCUT2D eigenvalue weighted by Crippen LogP contribution is 2.52. The van der Waals surface area contributed by atoms with E-state index < -0.39 is 5.97 Å². The highest BCUT2D eigenvalue weighted by Gasteiger charge is 2.51. The molecule has 2 aromatic rings. The number of rotatable bonds is 5. The van der Waals surface area contributed by atoms with Crippen LogP contribution in [-0.4, -0.2) is 55.0 Å². The van der Waals surface area contributed by atoms with Gasteiger partial charge in [0.1, 0.15) is 13.2 Å². The molecule has 0 spiro atoms. The first-order valence-corrected chi connectivity index (χ1v) is 12.1. The highest BCUT2D eigenvalue weighted by atomic mass is 16.6. The second kappa shape index (κ2) is 8.70. The number of esters is 1. The molecule has 0 radical (unpaired) electrons. The normalized spacial score (nSPS) is 24.1. The lowest BCUT2D eigenvalue weighted by Gasteiger charge is -2.39. The third-order valence-electron chi connectivity index (χ3n) is 7.26. The van der Waals surface area contributed by atoms with Crippen molar-refractivity contribution in [3.05, 3.63) is 59.2 Å². The number of carbonyl (C=O) groups is 3. The van der Waals surface area contributed by atoms with Gasteiger partial charge in [-0.1, -0.05) is 39.0 Å². The molecular formula is C28H31NO6. The van der Waals surface area contributed by atoms with Crippen molar-refractivity contribution in [2.24, 2.45) is 10.8 Å². The van der Waals surface area contributed by atoms with Gasteiger partial charge in [0.05, 0.1) is 5.56 Å². The van der Waals surface area contributed by atoms with E-state index in [1.807, 2.05) is 4.90 Å². The SMILES string of the molecule is CC1(C)C[C@H]2C[C@](C)(CN2C(=O)COC(=O)c2ccccc2C(=O)c2ccc3c(c2)OCCO3)C1. The molecule has 0 unspecified atom stereocenters. The van der Waals surface area contributed by atoms with Gasteiger partial charge in [-0.3, -0.25) is 9.59 Å². The molecule has 35 heavy (non-hydrogen) atoms. The van der Waals surface area contributed by atoms with Gasteiger partial charge < -0.3 is 19.1 Å². The average Bonchev–Trinajstić information content (AvgIpc) is 3.10. The highest BCUT2D eigenvalue weighted by molar-refractivity contribution is 6.14. The molecule has 3 aliphatic rings. The van der Waals surface area contributed by atoms with Crippen molar-refractivity contribution in [2.75, 3.05) is 26.4 Å². The van der Waals surface area contributed by atoms with Crippen LogP contribution >= 0.6 is 0 Å². The van der Waals surface area contributed by atoms with Crippen LogP contribution in [0.3, 0.4) is 0 Å². The number of likely N-dealkylation sites (tertiary alicyclic amines) is 1. The number of benzene rings is 2. The zero-order valence-corrected chi connectivity index (χ0v) is 20.5. The smallest absolute Gasteiger partial charge is 0.339 e. The largest absolute Gasteiger partial charge is 0.486 e. The fourth-order valence-electron chi connectivity index (χ4n) is 6.24. The van der Waals surface area contributed by atoms with Crippen LogP contribution < -0.4 is 9.47 Å². The first kappa shape index (κ1) is 23.4. The van der Waals surface area contributed by atoms with Gasteiger partial charge in [-0.15, -0.1) is 0 Å². The molecule has 2 heterocycles. The molecule has 184 valence electrons. The number of hydrogen-bond acceptors (Lipinski definition) is 6. The molecule has 7 nitrogen and oxygen atoms in total. The molecule has 0 N–H and O–H groups in total. The van der Waals surface area contributed by atoms with Crippen molar-refractivity contribution >= 4 is 17.7 Å². The van der Waals surface area contributed by atoms with Crippen LogP contribution in [0.25, 0.3) is 0 Å². The van der Waals surface area contributed by atoms with Crippen LogP contribution in [0.4, 0.5) is 0 Å². The molecule has 2 bridgehead atoms. The minimum absolute atomic E-state index is 0.106. The summed E-state index contributed by atoms with van der Waals surface area (Å²) in [4.78, 5) is 41.1. The second-order valence-corrected chi connectivity index (χ2v) is 11.0. The zero-order valence-electron chi connectivity index (χ0n) is 20.5. The van der Waals surface area contributed by atoms with E-state index in [9.17, 15) is 14.4 Å². The zero-order chi connectivity index (χ0) is 24.8. The topological polar surface area (TPSA) is 82.1 Å². The molecule has 2 aromatic carbocycles. The van der Waals surface area contributed by atoms with Crippen molar-refractivity contribution in [1.82, 2.24) is 4.90 Å². The second-order valence-electron chi connectivity index (χ2n) is 11.0. The summed E-state index contributed by atoms with van der Waals surface area (Å²) in [5, 5.41) is 0. The summed E-state index contributed by atoms with van der Waals surface area (Å²) in [5.74, 6) is -0.110. The van der Waals surface area contributed by atoms with Gasteiger partial charge in [-0.25, -0.2) is 4.79 Å². The summed E-state index contributed by atoms with van der Waals surface area (Å²) in [6.45, 7) is 7.97. The van der Waals surface area contributed by atoms with Crippen molar-refractivity contribution in [3.63, 3.8) is 0 Å². The molecule has 1 aliphatic carbocycles. The number of carbonyl (C=O) groups excluding carboxylic acids is 3. The van der Waals surface area contributed by atoms with Crippen LogP contribution in [0.15, 0.2) is 42.5 Å². The number of ether oxygens (including phenoxy) is 3. The fraction of sp³-hybridized carbons (Fsp3) is 0.464. The maximum Gasteiger partial charge on any atom is 0.339 e. The van der Waals surface area contributed by atoms with Crippen LogP contribution in [0.5, 0.6) is 11.5 Å². The van der Waals surface area contributed by atoms with E-state index in [-0.39, 0.29) is 46.3 Å². The van der Waals surface area contributed by atoms with Gasteiger partial charge in [0, 0.05) is 23.7 Å². The van der Waals surface area contributed by atoms with Gasteiger partial charge in [-0.05, 0) is 54.4 Å². The van der Waals surface area contributed by atoms with E-state index in [2.05, 4.69) is 20.8 Å². The Kier molecular flexibility index (Phi) is 5.82. The van der Waals surface area contributed by atoms with E-state index >= 15 is 0 Å². The molecule has 5 rings (SSSR count). The third-order valence-corrected chi connectivity index (χ3v) is 7.26. The Bertz CT molecular complexity index is 1190. The molecular weight excluding hydrogens is 446 g/mol. The molecule has 1 saturated carbocycles. The Morgan fingerprint density at radius 3 is 2.46 bits per heavy atom. The van der Waals surface area contributed by atoms with E-state index in [0.717, 1.165) is 19.3 Å². The molecule has 0 aromatic heterocycles. The molecule has 2 fully saturated rings. The number of amides is 1. The van der Waals surface area contributed by atoms with Gasteiger partial charge in [0.15, 0.2) is 23.9 Å². The quantitative estimate of drug-likeness (QED) is 0.473. The average molecular weight is 478 g/mol. The van der Waals surface area contributed by atoms with Crippen molar-refractivity contribution < 1.29 is 28.6 Å². The predicted octanol–water partition coefficient (Wildman–Crippen LogP) is 4.27. The number of fused-ring (bicyclic) bond motifs is 3. The van der Waals surface area contributed by atoms with Gasteiger partial charge in [-0.2, -0.15) is 0 Å². The van der Waals surface area contributed by atoms with Crippen LogP contribution in [-0.2, 0) is 9.53 Å². The Morgan fingerprint density at radius 1 is 0.971 bits per heavy atom. The number of ketones is 1. The molecule has 1 saturated heterocycles.